The summed E-state index contributed by atoms with van der Waals surface area (Å²) in [5.74, 6) is 1.07. The van der Waals surface area contributed by atoms with Gasteiger partial charge in [0.1, 0.15) is 11.5 Å². The maximum absolute atomic E-state index is 12.1. The Morgan fingerprint density at radius 3 is 2.35 bits per heavy atom. The third-order valence-corrected chi connectivity index (χ3v) is 3.43. The van der Waals surface area contributed by atoms with Crippen LogP contribution in [-0.2, 0) is 0 Å². The van der Waals surface area contributed by atoms with Crippen LogP contribution in [0.25, 0.3) is 11.5 Å². The molecule has 0 spiro atoms. The van der Waals surface area contributed by atoms with Gasteiger partial charge in [-0.2, -0.15) is 0 Å². The summed E-state index contributed by atoms with van der Waals surface area (Å²) in [6.07, 6.45) is 3.02. The lowest BCUT2D eigenvalue weighted by Crippen LogP contribution is -2.14. The molecule has 1 amide bonds. The molecule has 0 saturated carbocycles. The van der Waals surface area contributed by atoms with Gasteiger partial charge in [-0.05, 0) is 45.0 Å². The molecule has 2 aromatic heterocycles. The smallest absolute Gasteiger partial charge is 0.275 e. The van der Waals surface area contributed by atoms with E-state index in [4.69, 9.17) is 4.42 Å². The van der Waals surface area contributed by atoms with Gasteiger partial charge >= 0.3 is 0 Å². The number of aryl methyl sites for hydroxylation is 3. The third-order valence-electron chi connectivity index (χ3n) is 3.43. The van der Waals surface area contributed by atoms with Gasteiger partial charge in [0.2, 0.25) is 5.89 Å². The Balaban J connectivity index is 1.74. The van der Waals surface area contributed by atoms with Gasteiger partial charge in [-0.1, -0.05) is 0 Å². The number of nitrogens with zero attached hydrogens (tertiary/aromatic N) is 3. The second-order valence-corrected chi connectivity index (χ2v) is 5.24. The topological polar surface area (TPSA) is 80.9 Å². The van der Waals surface area contributed by atoms with Gasteiger partial charge in [0.25, 0.3) is 5.91 Å². The molecule has 2 heterocycles. The molecule has 0 aliphatic rings. The zero-order valence-electron chi connectivity index (χ0n) is 13.1. The fraction of sp³-hybridized carbons (Fsp3) is 0.176. The van der Waals surface area contributed by atoms with Crippen LogP contribution in [0.3, 0.4) is 0 Å². The van der Waals surface area contributed by atoms with Crippen molar-refractivity contribution in [2.24, 2.45) is 0 Å². The maximum atomic E-state index is 12.1. The van der Waals surface area contributed by atoms with Gasteiger partial charge in [0, 0.05) is 17.4 Å². The molecule has 0 aliphatic carbocycles. The lowest BCUT2D eigenvalue weighted by atomic mass is 10.2. The molecule has 0 radical (unpaired) electrons. The van der Waals surface area contributed by atoms with Gasteiger partial charge in [0.15, 0.2) is 0 Å². The Labute approximate surface area is 133 Å². The Hall–Kier alpha value is -3.02. The minimum atomic E-state index is -0.298. The summed E-state index contributed by atoms with van der Waals surface area (Å²) in [5.41, 5.74) is 3.44. The summed E-state index contributed by atoms with van der Waals surface area (Å²) in [4.78, 5) is 24.6. The highest BCUT2D eigenvalue weighted by Crippen LogP contribution is 2.23. The first-order valence-corrected chi connectivity index (χ1v) is 7.17. The van der Waals surface area contributed by atoms with Crippen molar-refractivity contribution in [1.29, 1.82) is 0 Å². The second-order valence-electron chi connectivity index (χ2n) is 5.24. The summed E-state index contributed by atoms with van der Waals surface area (Å²) in [5, 5.41) is 2.78. The van der Waals surface area contributed by atoms with Crippen molar-refractivity contribution in [3.8, 4) is 11.5 Å². The molecule has 0 fully saturated rings. The van der Waals surface area contributed by atoms with Crippen molar-refractivity contribution in [2.45, 2.75) is 20.8 Å². The quantitative estimate of drug-likeness (QED) is 0.803. The Bertz CT molecular complexity index is 817. The largest absolute Gasteiger partial charge is 0.441 e. The Morgan fingerprint density at radius 2 is 1.78 bits per heavy atom. The molecule has 1 N–H and O–H groups in total. The number of carbonyl (C=O) groups excluding carboxylic acids is 1. The van der Waals surface area contributed by atoms with E-state index in [1.165, 1.54) is 6.20 Å². The fourth-order valence-corrected chi connectivity index (χ4v) is 2.00. The minimum absolute atomic E-state index is 0.277. The number of aromatic nitrogens is 3. The normalized spacial score (nSPS) is 10.6. The van der Waals surface area contributed by atoms with Gasteiger partial charge in [-0.25, -0.2) is 9.97 Å². The molecule has 116 valence electrons. The first kappa shape index (κ1) is 14.9. The van der Waals surface area contributed by atoms with Crippen molar-refractivity contribution < 1.29 is 9.21 Å². The number of nitrogens with one attached hydrogen (secondary N) is 1. The Morgan fingerprint density at radius 1 is 1.04 bits per heavy atom. The molecule has 0 saturated heterocycles. The van der Waals surface area contributed by atoms with E-state index in [-0.39, 0.29) is 11.6 Å². The molecule has 6 nitrogen and oxygen atoms in total. The van der Waals surface area contributed by atoms with Crippen molar-refractivity contribution in [2.75, 3.05) is 5.32 Å². The number of oxazole rings is 1. The number of amides is 1. The van der Waals surface area contributed by atoms with Crippen molar-refractivity contribution >= 4 is 11.6 Å². The Kier molecular flexibility index (Phi) is 3.89. The molecular weight excluding hydrogens is 292 g/mol. The molecule has 0 atom stereocenters. The fourth-order valence-electron chi connectivity index (χ4n) is 2.00. The van der Waals surface area contributed by atoms with E-state index in [2.05, 4.69) is 20.3 Å². The van der Waals surface area contributed by atoms with Crippen LogP contribution in [0.5, 0.6) is 0 Å². The minimum Gasteiger partial charge on any atom is -0.441 e. The third kappa shape index (κ3) is 3.26. The summed E-state index contributed by atoms with van der Waals surface area (Å²) >= 11 is 0. The number of carbonyl (C=O) groups is 1. The lowest BCUT2D eigenvalue weighted by molar-refractivity contribution is 0.102. The molecule has 3 aromatic rings. The van der Waals surface area contributed by atoms with E-state index in [1.807, 2.05) is 32.9 Å². The highest BCUT2D eigenvalue weighted by molar-refractivity contribution is 6.02. The van der Waals surface area contributed by atoms with Gasteiger partial charge in [0.05, 0.1) is 17.6 Å². The molecule has 3 rings (SSSR count). The van der Waals surface area contributed by atoms with E-state index in [1.54, 1.807) is 18.3 Å². The highest BCUT2D eigenvalue weighted by Gasteiger charge is 2.10. The molecule has 0 aliphatic heterocycles. The lowest BCUT2D eigenvalue weighted by Gasteiger charge is -2.05. The van der Waals surface area contributed by atoms with Gasteiger partial charge < -0.3 is 9.73 Å². The van der Waals surface area contributed by atoms with Gasteiger partial charge in [-0.3, -0.25) is 9.78 Å². The van der Waals surface area contributed by atoms with Crippen LogP contribution in [0.1, 0.15) is 27.6 Å². The predicted octanol–water partition coefficient (Wildman–Crippen LogP) is 3.31. The average Bonchev–Trinajstić information content (AvgIpc) is 2.88. The second kappa shape index (κ2) is 6.00. The maximum Gasteiger partial charge on any atom is 0.275 e. The van der Waals surface area contributed by atoms with Crippen LogP contribution in [-0.4, -0.2) is 20.9 Å². The van der Waals surface area contributed by atoms with Crippen LogP contribution in [0.4, 0.5) is 5.69 Å². The van der Waals surface area contributed by atoms with E-state index in [9.17, 15) is 4.79 Å². The zero-order valence-corrected chi connectivity index (χ0v) is 13.1. The monoisotopic (exact) mass is 308 g/mol. The molecular formula is C17H16N4O2. The van der Waals surface area contributed by atoms with Crippen LogP contribution in [0, 0.1) is 20.8 Å². The van der Waals surface area contributed by atoms with Crippen LogP contribution < -0.4 is 5.32 Å². The van der Waals surface area contributed by atoms with Crippen LogP contribution in [0.2, 0.25) is 0 Å². The van der Waals surface area contributed by atoms with Gasteiger partial charge in [-0.15, -0.1) is 0 Å². The van der Waals surface area contributed by atoms with Crippen molar-refractivity contribution in [3.63, 3.8) is 0 Å². The molecule has 6 heteroatoms. The number of hydrogen-bond acceptors (Lipinski definition) is 5. The van der Waals surface area contributed by atoms with Crippen molar-refractivity contribution in [3.05, 3.63) is 59.5 Å². The highest BCUT2D eigenvalue weighted by atomic mass is 16.4. The summed E-state index contributed by atoms with van der Waals surface area (Å²) < 4.78 is 5.59. The average molecular weight is 308 g/mol. The van der Waals surface area contributed by atoms with Crippen LogP contribution >= 0.6 is 0 Å². The number of rotatable bonds is 3. The van der Waals surface area contributed by atoms with E-state index in [0.717, 1.165) is 22.7 Å². The summed E-state index contributed by atoms with van der Waals surface area (Å²) in [6, 6.07) is 7.29. The van der Waals surface area contributed by atoms with E-state index in [0.29, 0.717) is 11.6 Å². The van der Waals surface area contributed by atoms with Crippen molar-refractivity contribution in [1.82, 2.24) is 15.0 Å². The number of benzene rings is 1. The summed E-state index contributed by atoms with van der Waals surface area (Å²) in [6.45, 7) is 5.60. The molecule has 0 bridgehead atoms. The molecule has 1 aromatic carbocycles. The zero-order chi connectivity index (χ0) is 16.4. The number of anilines is 1. The number of hydrogen-bond donors (Lipinski definition) is 1. The molecule has 23 heavy (non-hydrogen) atoms. The summed E-state index contributed by atoms with van der Waals surface area (Å²) in [7, 11) is 0. The van der Waals surface area contributed by atoms with E-state index < -0.39 is 0 Å². The SMILES string of the molecule is Cc1cnc(C(=O)Nc2ccc(-c3nc(C)c(C)o3)cc2)cn1. The molecule has 0 unspecified atom stereocenters. The van der Waals surface area contributed by atoms with Crippen LogP contribution in [0.15, 0.2) is 41.1 Å². The predicted molar refractivity (Wildman–Crippen MR) is 86.1 cm³/mol. The first-order valence-electron chi connectivity index (χ1n) is 7.17. The first-order chi connectivity index (χ1) is 11.0. The standard InChI is InChI=1S/C17H16N4O2/c1-10-8-19-15(9-18-10)16(22)21-14-6-4-13(5-7-14)17-20-11(2)12(3)23-17/h4-9H,1-3H3,(H,21,22). The van der Waals surface area contributed by atoms with E-state index >= 15 is 0 Å².